The van der Waals surface area contributed by atoms with Gasteiger partial charge in [-0.2, -0.15) is 0 Å². The summed E-state index contributed by atoms with van der Waals surface area (Å²) in [6, 6.07) is 20.2. The van der Waals surface area contributed by atoms with Crippen molar-refractivity contribution in [3.63, 3.8) is 0 Å². The Hall–Kier alpha value is -2.34. The average Bonchev–Trinajstić information content (AvgIpc) is 2.87. The topological polar surface area (TPSA) is 86.8 Å². The van der Waals surface area contributed by atoms with Crippen LogP contribution in [0.15, 0.2) is 72.8 Å². The fraction of sp³-hybridized carbons (Fsp3) is 0.259. The van der Waals surface area contributed by atoms with Crippen LogP contribution < -0.4 is 9.62 Å². The van der Waals surface area contributed by atoms with Crippen molar-refractivity contribution in [3.8, 4) is 0 Å². The molecule has 11 heteroatoms. The summed E-state index contributed by atoms with van der Waals surface area (Å²) >= 11 is 14.4. The largest absolute Gasteiger partial charge is 0.355 e. The van der Waals surface area contributed by atoms with E-state index in [-0.39, 0.29) is 18.9 Å². The zero-order chi connectivity index (χ0) is 27.9. The van der Waals surface area contributed by atoms with Crippen LogP contribution in [0.25, 0.3) is 0 Å². The second-order valence-corrected chi connectivity index (χ2v) is 12.6. The minimum Gasteiger partial charge on any atom is -0.355 e. The molecule has 0 aliphatic rings. The van der Waals surface area contributed by atoms with Crippen molar-refractivity contribution < 1.29 is 18.0 Å². The van der Waals surface area contributed by atoms with Crippen LogP contribution in [0.4, 0.5) is 5.69 Å². The quantitative estimate of drug-likeness (QED) is 0.283. The van der Waals surface area contributed by atoms with E-state index in [1.807, 2.05) is 30.3 Å². The highest BCUT2D eigenvalue weighted by molar-refractivity contribution is 14.1. The standard InChI is InChI=1S/C27H28Cl2IN3O4S/c1-3-31-27(35)25(16-19-7-5-4-6-8-19)32(17-20-9-14-23(28)24(29)15-20)26(34)18-33(38(2,36)37)22-12-10-21(30)11-13-22/h4-15,25H,3,16-18H2,1-2H3,(H,31,35)/t25-/m0/s1. The molecule has 3 aromatic rings. The lowest BCUT2D eigenvalue weighted by molar-refractivity contribution is -0.140. The van der Waals surface area contributed by atoms with Crippen molar-refractivity contribution in [2.45, 2.75) is 25.9 Å². The molecular weight excluding hydrogens is 660 g/mol. The van der Waals surface area contributed by atoms with Gasteiger partial charge in [0.15, 0.2) is 0 Å². The van der Waals surface area contributed by atoms with Crippen LogP contribution in [0.1, 0.15) is 18.1 Å². The van der Waals surface area contributed by atoms with Crippen LogP contribution in [0.3, 0.4) is 0 Å². The lowest BCUT2D eigenvalue weighted by Crippen LogP contribution is -2.53. The summed E-state index contributed by atoms with van der Waals surface area (Å²) in [7, 11) is -3.82. The summed E-state index contributed by atoms with van der Waals surface area (Å²) < 4.78 is 27.5. The average molecular weight is 688 g/mol. The number of hydrogen-bond acceptors (Lipinski definition) is 4. The van der Waals surface area contributed by atoms with Crippen LogP contribution in [-0.4, -0.2) is 50.5 Å². The molecule has 38 heavy (non-hydrogen) atoms. The van der Waals surface area contributed by atoms with E-state index in [4.69, 9.17) is 23.2 Å². The van der Waals surface area contributed by atoms with Crippen molar-refractivity contribution in [1.82, 2.24) is 10.2 Å². The second kappa shape index (κ2) is 13.6. The molecule has 0 saturated carbocycles. The van der Waals surface area contributed by atoms with Gasteiger partial charge in [0.25, 0.3) is 0 Å². The highest BCUT2D eigenvalue weighted by atomic mass is 127. The number of rotatable bonds is 11. The Kier molecular flexibility index (Phi) is 10.8. The molecule has 1 N–H and O–H groups in total. The molecule has 0 radical (unpaired) electrons. The predicted octanol–water partition coefficient (Wildman–Crippen LogP) is 5.14. The van der Waals surface area contributed by atoms with Crippen molar-refractivity contribution in [2.24, 2.45) is 0 Å². The minimum absolute atomic E-state index is 0.0225. The number of carbonyl (C=O) groups excluding carboxylic acids is 2. The molecule has 3 aromatic carbocycles. The molecule has 0 aliphatic heterocycles. The summed E-state index contributed by atoms with van der Waals surface area (Å²) in [5, 5.41) is 3.49. The number of amides is 2. The zero-order valence-corrected chi connectivity index (χ0v) is 25.4. The van der Waals surface area contributed by atoms with E-state index in [1.54, 1.807) is 49.4 Å². The van der Waals surface area contributed by atoms with Gasteiger partial charge in [0, 0.05) is 23.1 Å². The van der Waals surface area contributed by atoms with Crippen molar-refractivity contribution in [3.05, 3.63) is 97.5 Å². The number of halogens is 3. The first-order valence-electron chi connectivity index (χ1n) is 11.8. The molecule has 3 rings (SSSR count). The van der Waals surface area contributed by atoms with Crippen molar-refractivity contribution in [1.29, 1.82) is 0 Å². The minimum atomic E-state index is -3.82. The normalized spacial score (nSPS) is 12.0. The summed E-state index contributed by atoms with van der Waals surface area (Å²) in [4.78, 5) is 28.6. The molecule has 0 unspecified atom stereocenters. The number of sulfonamides is 1. The molecule has 0 spiro atoms. The Bertz CT molecular complexity index is 1370. The van der Waals surface area contributed by atoms with Gasteiger partial charge in [-0.1, -0.05) is 59.6 Å². The first kappa shape index (κ1) is 30.2. The van der Waals surface area contributed by atoms with Gasteiger partial charge >= 0.3 is 0 Å². The SMILES string of the molecule is CCNC(=O)[C@H](Cc1ccccc1)N(Cc1ccc(Cl)c(Cl)c1)C(=O)CN(c1ccc(I)cc1)S(C)(=O)=O. The van der Waals surface area contributed by atoms with Gasteiger partial charge in [-0.25, -0.2) is 8.42 Å². The number of hydrogen-bond donors (Lipinski definition) is 1. The molecule has 0 saturated heterocycles. The van der Waals surface area contributed by atoms with Gasteiger partial charge in [-0.05, 0) is 77.0 Å². The monoisotopic (exact) mass is 687 g/mol. The van der Waals surface area contributed by atoms with E-state index in [9.17, 15) is 18.0 Å². The van der Waals surface area contributed by atoms with E-state index < -0.39 is 28.5 Å². The van der Waals surface area contributed by atoms with E-state index in [0.29, 0.717) is 27.8 Å². The summed E-state index contributed by atoms with van der Waals surface area (Å²) in [5.41, 5.74) is 1.86. The molecular formula is C27H28Cl2IN3O4S. The maximum absolute atomic E-state index is 13.9. The first-order chi connectivity index (χ1) is 18.0. The Morgan fingerprint density at radius 3 is 2.18 bits per heavy atom. The molecule has 0 heterocycles. The molecule has 0 aliphatic carbocycles. The molecule has 2 amide bonds. The number of nitrogens with zero attached hydrogens (tertiary/aromatic N) is 2. The highest BCUT2D eigenvalue weighted by Crippen LogP contribution is 2.25. The third-order valence-corrected chi connectivity index (χ3v) is 8.35. The maximum atomic E-state index is 13.9. The first-order valence-corrected chi connectivity index (χ1v) is 15.5. The van der Waals surface area contributed by atoms with Crippen LogP contribution in [0.5, 0.6) is 0 Å². The third kappa shape index (κ3) is 8.33. The van der Waals surface area contributed by atoms with Crippen LogP contribution in [0.2, 0.25) is 10.0 Å². The van der Waals surface area contributed by atoms with Crippen LogP contribution in [0, 0.1) is 3.57 Å². The second-order valence-electron chi connectivity index (χ2n) is 8.62. The molecule has 0 bridgehead atoms. The molecule has 202 valence electrons. The summed E-state index contributed by atoms with van der Waals surface area (Å²) in [6.45, 7) is 1.71. The Morgan fingerprint density at radius 2 is 1.61 bits per heavy atom. The number of nitrogens with one attached hydrogen (secondary N) is 1. The van der Waals surface area contributed by atoms with Gasteiger partial charge in [-0.3, -0.25) is 13.9 Å². The third-order valence-electron chi connectivity index (χ3n) is 5.75. The lowest BCUT2D eigenvalue weighted by atomic mass is 10.0. The summed E-state index contributed by atoms with van der Waals surface area (Å²) in [5.74, 6) is -0.878. The van der Waals surface area contributed by atoms with Gasteiger partial charge < -0.3 is 10.2 Å². The van der Waals surface area contributed by atoms with E-state index in [0.717, 1.165) is 19.7 Å². The Labute approximate surface area is 247 Å². The van der Waals surface area contributed by atoms with Crippen molar-refractivity contribution >= 4 is 73.3 Å². The lowest BCUT2D eigenvalue weighted by Gasteiger charge is -2.33. The summed E-state index contributed by atoms with van der Waals surface area (Å²) in [6.07, 6.45) is 1.29. The molecule has 0 aromatic heterocycles. The van der Waals surface area contributed by atoms with Crippen molar-refractivity contribution in [2.75, 3.05) is 23.7 Å². The fourth-order valence-electron chi connectivity index (χ4n) is 3.90. The Balaban J connectivity index is 2.05. The molecule has 0 fully saturated rings. The van der Waals surface area contributed by atoms with E-state index >= 15 is 0 Å². The highest BCUT2D eigenvalue weighted by Gasteiger charge is 2.33. The van der Waals surface area contributed by atoms with Gasteiger partial charge in [0.2, 0.25) is 21.8 Å². The zero-order valence-electron chi connectivity index (χ0n) is 20.9. The number of benzene rings is 3. The Morgan fingerprint density at radius 1 is 0.947 bits per heavy atom. The predicted molar refractivity (Wildman–Crippen MR) is 161 cm³/mol. The number of carbonyl (C=O) groups is 2. The fourth-order valence-corrected chi connectivity index (χ4v) is 5.43. The van der Waals surface area contributed by atoms with Crippen LogP contribution >= 0.6 is 45.8 Å². The van der Waals surface area contributed by atoms with Gasteiger partial charge in [0.1, 0.15) is 12.6 Å². The number of anilines is 1. The van der Waals surface area contributed by atoms with Crippen LogP contribution in [-0.2, 0) is 32.6 Å². The molecule has 7 nitrogen and oxygen atoms in total. The molecule has 1 atom stereocenters. The van der Waals surface area contributed by atoms with E-state index in [2.05, 4.69) is 27.9 Å². The van der Waals surface area contributed by atoms with E-state index in [1.165, 1.54) is 4.90 Å². The maximum Gasteiger partial charge on any atom is 0.244 e. The van der Waals surface area contributed by atoms with Gasteiger partial charge in [-0.15, -0.1) is 0 Å². The number of likely N-dealkylation sites (N-methyl/N-ethyl adjacent to an activating group) is 1. The smallest absolute Gasteiger partial charge is 0.244 e. The van der Waals surface area contributed by atoms with Gasteiger partial charge in [0.05, 0.1) is 22.0 Å².